The number of rotatable bonds is 10. The highest BCUT2D eigenvalue weighted by Gasteiger charge is 2.23. The summed E-state index contributed by atoms with van der Waals surface area (Å²) in [6.07, 6.45) is 2.57. The average Bonchev–Trinajstić information content (AvgIpc) is 3.01. The number of carbonyl (C=O) groups is 1. The maximum atomic E-state index is 12.0. The topological polar surface area (TPSA) is 54.9 Å². The Balaban J connectivity index is 0.00000442. The van der Waals surface area contributed by atoms with Crippen molar-refractivity contribution in [2.45, 2.75) is 40.8 Å². The number of aldehydes is 1. The summed E-state index contributed by atoms with van der Waals surface area (Å²) in [5.74, 6) is 1.62. The van der Waals surface area contributed by atoms with Gasteiger partial charge in [-0.2, -0.15) is 0 Å². The second-order valence-corrected chi connectivity index (χ2v) is 11.6. The van der Waals surface area contributed by atoms with E-state index >= 15 is 0 Å². The molecular formula is C36H39Cl2N3O3. The number of ether oxygens (including phenoxy) is 2. The first-order valence-corrected chi connectivity index (χ1v) is 15.0. The number of hydrogen-bond acceptors (Lipinski definition) is 6. The molecule has 0 amide bonds. The van der Waals surface area contributed by atoms with Gasteiger partial charge in [0.25, 0.3) is 0 Å². The van der Waals surface area contributed by atoms with Gasteiger partial charge in [0.2, 0.25) is 5.88 Å². The van der Waals surface area contributed by atoms with Gasteiger partial charge < -0.3 is 14.4 Å². The van der Waals surface area contributed by atoms with Crippen LogP contribution in [-0.4, -0.2) is 47.2 Å². The van der Waals surface area contributed by atoms with Crippen LogP contribution in [0.3, 0.4) is 0 Å². The van der Waals surface area contributed by atoms with E-state index in [0.717, 1.165) is 61.4 Å². The fraction of sp³-hybridized carbons (Fsp3) is 0.278. The largest absolute Gasteiger partial charge is 0.487 e. The van der Waals surface area contributed by atoms with Crippen LogP contribution in [0.25, 0.3) is 5.70 Å². The summed E-state index contributed by atoms with van der Waals surface area (Å²) in [6, 6.07) is 24.5. The SMILES string of the molecule is C/C(C=O)=C(/c1cc(C)c(Oc2ccc(OCc3ccc(C)cc3)cn2)c(Cl)c1)N1CCN(Cc2ccc(C)cc2)CC1.Cl. The second kappa shape index (κ2) is 15.2. The average molecular weight is 633 g/mol. The lowest BCUT2D eigenvalue weighted by Crippen LogP contribution is -2.45. The van der Waals surface area contributed by atoms with Gasteiger partial charge in [0.15, 0.2) is 5.75 Å². The van der Waals surface area contributed by atoms with Gasteiger partial charge in [-0.1, -0.05) is 71.3 Å². The van der Waals surface area contributed by atoms with Crippen LogP contribution in [0.15, 0.2) is 84.6 Å². The molecule has 1 saturated heterocycles. The number of aromatic nitrogens is 1. The molecule has 2 heterocycles. The van der Waals surface area contributed by atoms with Crippen LogP contribution >= 0.6 is 24.0 Å². The van der Waals surface area contributed by atoms with Crippen LogP contribution in [0, 0.1) is 20.8 Å². The van der Waals surface area contributed by atoms with Crippen molar-refractivity contribution in [3.8, 4) is 17.4 Å². The van der Waals surface area contributed by atoms with Gasteiger partial charge in [0, 0.05) is 49.9 Å². The van der Waals surface area contributed by atoms with E-state index in [0.29, 0.717) is 34.6 Å². The van der Waals surface area contributed by atoms with Crippen LogP contribution in [0.2, 0.25) is 5.02 Å². The summed E-state index contributed by atoms with van der Waals surface area (Å²) in [6.45, 7) is 12.8. The first-order chi connectivity index (χ1) is 20.8. The van der Waals surface area contributed by atoms with Crippen LogP contribution in [0.4, 0.5) is 0 Å². The number of carbonyl (C=O) groups excluding carboxylic acids is 1. The van der Waals surface area contributed by atoms with Crippen LogP contribution in [0.1, 0.15) is 40.3 Å². The summed E-state index contributed by atoms with van der Waals surface area (Å²) in [7, 11) is 0. The minimum Gasteiger partial charge on any atom is -0.487 e. The van der Waals surface area contributed by atoms with Crippen LogP contribution in [-0.2, 0) is 17.9 Å². The highest BCUT2D eigenvalue weighted by atomic mass is 35.5. The normalized spacial score (nSPS) is 14.0. The van der Waals surface area contributed by atoms with Crippen molar-refractivity contribution in [2.75, 3.05) is 26.2 Å². The number of pyridine rings is 1. The fourth-order valence-electron chi connectivity index (χ4n) is 5.26. The molecule has 0 saturated carbocycles. The Morgan fingerprint density at radius 1 is 0.886 bits per heavy atom. The standard InChI is InChI=1S/C36H38ClN3O3.ClH/c1-25-5-9-29(10-6-25)22-39-15-17-40(18-16-39)35(28(4)23-41)31-19-27(3)36(33(37)20-31)43-34-14-13-32(21-38-34)42-24-30-11-7-26(2)8-12-30;/h5-14,19-21,23H,15-18,22,24H2,1-4H3;1H/b35-28+;. The Kier molecular flexibility index (Phi) is 11.5. The molecule has 0 unspecified atom stereocenters. The molecule has 8 heteroatoms. The van der Waals surface area contributed by atoms with Gasteiger partial charge in [0.1, 0.15) is 18.6 Å². The molecule has 4 aromatic rings. The summed E-state index contributed by atoms with van der Waals surface area (Å²) in [5, 5.41) is 0.464. The van der Waals surface area contributed by atoms with Crippen LogP contribution < -0.4 is 9.47 Å². The second-order valence-electron chi connectivity index (χ2n) is 11.2. The molecule has 5 rings (SSSR count). The van der Waals surface area contributed by atoms with Gasteiger partial charge in [0.05, 0.1) is 16.9 Å². The molecule has 0 atom stereocenters. The quantitative estimate of drug-likeness (QED) is 0.130. The Morgan fingerprint density at radius 3 is 2.09 bits per heavy atom. The van der Waals surface area contributed by atoms with E-state index in [4.69, 9.17) is 21.1 Å². The number of halogens is 2. The summed E-state index contributed by atoms with van der Waals surface area (Å²) in [4.78, 5) is 21.1. The monoisotopic (exact) mass is 631 g/mol. The summed E-state index contributed by atoms with van der Waals surface area (Å²) in [5.41, 5.74) is 8.25. The molecular weight excluding hydrogens is 593 g/mol. The zero-order valence-electron chi connectivity index (χ0n) is 25.7. The maximum Gasteiger partial charge on any atom is 0.219 e. The number of hydrogen-bond donors (Lipinski definition) is 0. The van der Waals surface area contributed by atoms with E-state index in [2.05, 4.69) is 77.2 Å². The maximum absolute atomic E-state index is 12.0. The highest BCUT2D eigenvalue weighted by Crippen LogP contribution is 2.37. The Labute approximate surface area is 271 Å². The molecule has 6 nitrogen and oxygen atoms in total. The van der Waals surface area contributed by atoms with E-state index in [9.17, 15) is 4.79 Å². The first kappa shape index (κ1) is 33.1. The lowest BCUT2D eigenvalue weighted by molar-refractivity contribution is -0.104. The fourth-order valence-corrected chi connectivity index (χ4v) is 5.57. The molecule has 1 aromatic heterocycles. The van der Waals surface area contributed by atoms with E-state index in [1.807, 2.05) is 32.0 Å². The zero-order chi connectivity index (χ0) is 30.3. The minimum atomic E-state index is 0. The van der Waals surface area contributed by atoms with Crippen molar-refractivity contribution in [1.29, 1.82) is 0 Å². The van der Waals surface area contributed by atoms with Crippen molar-refractivity contribution >= 4 is 36.0 Å². The van der Waals surface area contributed by atoms with Crippen molar-refractivity contribution < 1.29 is 14.3 Å². The lowest BCUT2D eigenvalue weighted by atomic mass is 10.0. The third-order valence-corrected chi connectivity index (χ3v) is 7.99. The van der Waals surface area contributed by atoms with Gasteiger partial charge in [-0.25, -0.2) is 4.98 Å². The predicted octanol–water partition coefficient (Wildman–Crippen LogP) is 8.20. The van der Waals surface area contributed by atoms with Gasteiger partial charge in [-0.3, -0.25) is 9.69 Å². The molecule has 44 heavy (non-hydrogen) atoms. The van der Waals surface area contributed by atoms with Gasteiger partial charge >= 0.3 is 0 Å². The third kappa shape index (κ3) is 8.41. The van der Waals surface area contributed by atoms with Crippen molar-refractivity contribution in [2.24, 2.45) is 0 Å². The van der Waals surface area contributed by atoms with Crippen molar-refractivity contribution in [3.05, 3.63) is 123 Å². The molecule has 0 bridgehead atoms. The van der Waals surface area contributed by atoms with E-state index in [1.165, 1.54) is 16.7 Å². The molecule has 0 radical (unpaired) electrons. The molecule has 3 aromatic carbocycles. The molecule has 230 valence electrons. The number of nitrogens with zero attached hydrogens (tertiary/aromatic N) is 3. The van der Waals surface area contributed by atoms with Crippen molar-refractivity contribution in [3.63, 3.8) is 0 Å². The van der Waals surface area contributed by atoms with E-state index < -0.39 is 0 Å². The predicted molar refractivity (Wildman–Crippen MR) is 180 cm³/mol. The molecule has 0 aliphatic carbocycles. The van der Waals surface area contributed by atoms with E-state index in [-0.39, 0.29) is 12.4 Å². The minimum absolute atomic E-state index is 0. The van der Waals surface area contributed by atoms with Gasteiger partial charge in [-0.15, -0.1) is 12.4 Å². The van der Waals surface area contributed by atoms with Gasteiger partial charge in [-0.05, 0) is 62.6 Å². The molecule has 0 spiro atoms. The summed E-state index contributed by atoms with van der Waals surface area (Å²) >= 11 is 6.78. The highest BCUT2D eigenvalue weighted by molar-refractivity contribution is 6.32. The number of benzene rings is 3. The Morgan fingerprint density at radius 2 is 1.52 bits per heavy atom. The lowest BCUT2D eigenvalue weighted by Gasteiger charge is -2.38. The van der Waals surface area contributed by atoms with Crippen molar-refractivity contribution in [1.82, 2.24) is 14.8 Å². The number of piperazine rings is 1. The molecule has 0 N–H and O–H groups in total. The smallest absolute Gasteiger partial charge is 0.219 e. The summed E-state index contributed by atoms with van der Waals surface area (Å²) < 4.78 is 12.0. The molecule has 1 aliphatic rings. The Hall–Kier alpha value is -3.84. The molecule has 1 fully saturated rings. The van der Waals surface area contributed by atoms with Crippen LogP contribution in [0.5, 0.6) is 17.4 Å². The van der Waals surface area contributed by atoms with E-state index in [1.54, 1.807) is 12.3 Å². The molecule has 1 aliphatic heterocycles. The number of aryl methyl sites for hydroxylation is 3. The zero-order valence-corrected chi connectivity index (χ0v) is 27.3. The number of allylic oxidation sites excluding steroid dienone is 1. The third-order valence-electron chi connectivity index (χ3n) is 7.71. The first-order valence-electron chi connectivity index (χ1n) is 14.6. The Bertz CT molecular complexity index is 1560.